The molecule has 0 fully saturated rings. The first kappa shape index (κ1) is 18.5. The summed E-state index contributed by atoms with van der Waals surface area (Å²) < 4.78 is 22.4. The summed E-state index contributed by atoms with van der Waals surface area (Å²) in [4.78, 5) is 15.2. The summed E-state index contributed by atoms with van der Waals surface area (Å²) >= 11 is 0. The topological polar surface area (TPSA) is 57.2 Å². The van der Waals surface area contributed by atoms with Crippen molar-refractivity contribution in [2.75, 3.05) is 34.0 Å². The molecule has 148 valence electrons. The normalized spacial score (nSPS) is 18.5. The molecule has 1 amide bonds. The Bertz CT molecular complexity index is 866. The maximum Gasteiger partial charge on any atom is 0.229 e. The van der Waals surface area contributed by atoms with Crippen LogP contribution in [0.4, 0.5) is 0 Å². The molecule has 2 aliphatic rings. The van der Waals surface area contributed by atoms with Crippen LogP contribution in [-0.2, 0) is 17.8 Å². The summed E-state index contributed by atoms with van der Waals surface area (Å²) in [6.45, 7) is 2.12. The van der Waals surface area contributed by atoms with Gasteiger partial charge in [0, 0.05) is 24.7 Å². The van der Waals surface area contributed by atoms with Crippen molar-refractivity contribution in [3.8, 4) is 23.0 Å². The lowest BCUT2D eigenvalue weighted by atomic mass is 9.95. The average molecular weight is 383 g/mol. The molecule has 4 rings (SSSR count). The first-order chi connectivity index (χ1) is 13.7. The van der Waals surface area contributed by atoms with Crippen LogP contribution in [0.25, 0.3) is 0 Å². The van der Waals surface area contributed by atoms with Crippen molar-refractivity contribution < 1.29 is 23.7 Å². The summed E-state index contributed by atoms with van der Waals surface area (Å²) in [5.41, 5.74) is 2.01. The van der Waals surface area contributed by atoms with Gasteiger partial charge in [0.05, 0.1) is 26.7 Å². The van der Waals surface area contributed by atoms with E-state index in [1.807, 2.05) is 41.3 Å². The lowest BCUT2D eigenvalue weighted by Gasteiger charge is -2.32. The number of para-hydroxylation sites is 1. The van der Waals surface area contributed by atoms with Crippen molar-refractivity contribution in [3.63, 3.8) is 0 Å². The van der Waals surface area contributed by atoms with E-state index in [4.69, 9.17) is 18.9 Å². The molecule has 0 saturated heterocycles. The van der Waals surface area contributed by atoms with Crippen molar-refractivity contribution in [2.24, 2.45) is 5.92 Å². The maximum absolute atomic E-state index is 13.3. The van der Waals surface area contributed by atoms with E-state index in [-0.39, 0.29) is 11.8 Å². The van der Waals surface area contributed by atoms with Gasteiger partial charge in [-0.1, -0.05) is 18.2 Å². The standard InChI is InChI=1S/C22H25NO5/c1-25-18-8-7-15-11-17(14-28-20(15)12-18)22(24)23-9-4-10-27-21-16(13-23)5-3-6-19(21)26-2/h3,5-8,12,17H,4,9-11,13-14H2,1-2H3/t17-/m1/s1. The number of methoxy groups -OCH3 is 2. The minimum atomic E-state index is -0.185. The molecular weight excluding hydrogens is 358 g/mol. The number of hydrogen-bond donors (Lipinski definition) is 0. The van der Waals surface area contributed by atoms with Crippen molar-refractivity contribution in [3.05, 3.63) is 47.5 Å². The highest BCUT2D eigenvalue weighted by Crippen LogP contribution is 2.35. The molecule has 2 aromatic rings. The Balaban J connectivity index is 1.52. The van der Waals surface area contributed by atoms with E-state index in [1.54, 1.807) is 14.2 Å². The monoisotopic (exact) mass is 383 g/mol. The Morgan fingerprint density at radius 1 is 1.11 bits per heavy atom. The number of nitrogens with zero attached hydrogens (tertiary/aromatic N) is 1. The summed E-state index contributed by atoms with van der Waals surface area (Å²) in [6.07, 6.45) is 1.46. The van der Waals surface area contributed by atoms with Gasteiger partial charge in [-0.2, -0.15) is 0 Å². The second kappa shape index (κ2) is 8.00. The van der Waals surface area contributed by atoms with Crippen molar-refractivity contribution in [1.82, 2.24) is 4.90 Å². The summed E-state index contributed by atoms with van der Waals surface area (Å²) in [6, 6.07) is 11.6. The molecule has 0 spiro atoms. The molecule has 6 nitrogen and oxygen atoms in total. The third-order valence-electron chi connectivity index (χ3n) is 5.30. The fourth-order valence-electron chi connectivity index (χ4n) is 3.81. The van der Waals surface area contributed by atoms with Gasteiger partial charge in [0.1, 0.15) is 18.1 Å². The van der Waals surface area contributed by atoms with Crippen LogP contribution < -0.4 is 18.9 Å². The van der Waals surface area contributed by atoms with E-state index in [1.165, 1.54) is 0 Å². The largest absolute Gasteiger partial charge is 0.497 e. The Morgan fingerprint density at radius 3 is 2.82 bits per heavy atom. The first-order valence-corrected chi connectivity index (χ1v) is 9.56. The summed E-state index contributed by atoms with van der Waals surface area (Å²) in [5, 5.41) is 0. The van der Waals surface area contributed by atoms with Gasteiger partial charge in [0.2, 0.25) is 5.91 Å². The third kappa shape index (κ3) is 3.59. The molecule has 0 N–H and O–H groups in total. The van der Waals surface area contributed by atoms with E-state index in [9.17, 15) is 4.79 Å². The van der Waals surface area contributed by atoms with Crippen LogP contribution in [0.2, 0.25) is 0 Å². The Hall–Kier alpha value is -2.89. The quantitative estimate of drug-likeness (QED) is 0.815. The van der Waals surface area contributed by atoms with Crippen LogP contribution in [0.1, 0.15) is 17.5 Å². The molecule has 1 atom stereocenters. The van der Waals surface area contributed by atoms with Gasteiger partial charge in [-0.3, -0.25) is 4.79 Å². The average Bonchev–Trinajstić information content (AvgIpc) is 2.72. The molecule has 0 bridgehead atoms. The van der Waals surface area contributed by atoms with Gasteiger partial charge in [0.15, 0.2) is 11.5 Å². The minimum Gasteiger partial charge on any atom is -0.497 e. The van der Waals surface area contributed by atoms with Gasteiger partial charge < -0.3 is 23.8 Å². The first-order valence-electron chi connectivity index (χ1n) is 9.56. The number of rotatable bonds is 3. The Labute approximate surface area is 165 Å². The van der Waals surface area contributed by atoms with Crippen LogP contribution in [0.5, 0.6) is 23.0 Å². The van der Waals surface area contributed by atoms with Gasteiger partial charge >= 0.3 is 0 Å². The maximum atomic E-state index is 13.3. The number of ether oxygens (including phenoxy) is 4. The predicted octanol–water partition coefficient (Wildman–Crippen LogP) is 3.07. The molecule has 0 unspecified atom stereocenters. The fourth-order valence-corrected chi connectivity index (χ4v) is 3.81. The van der Waals surface area contributed by atoms with Crippen LogP contribution >= 0.6 is 0 Å². The van der Waals surface area contributed by atoms with Gasteiger partial charge in [-0.15, -0.1) is 0 Å². The van der Waals surface area contributed by atoms with E-state index >= 15 is 0 Å². The van der Waals surface area contributed by atoms with Crippen LogP contribution in [0.3, 0.4) is 0 Å². The SMILES string of the molecule is COc1ccc2c(c1)OC[C@H](C(=O)N1CCCOc3c(cccc3OC)C1)C2. The molecule has 2 heterocycles. The molecule has 0 aromatic heterocycles. The van der Waals surface area contributed by atoms with Crippen molar-refractivity contribution >= 4 is 5.91 Å². The Kier molecular flexibility index (Phi) is 5.28. The molecule has 0 saturated carbocycles. The predicted molar refractivity (Wildman–Crippen MR) is 104 cm³/mol. The van der Waals surface area contributed by atoms with Gasteiger partial charge in [0.25, 0.3) is 0 Å². The number of fused-ring (bicyclic) bond motifs is 2. The zero-order chi connectivity index (χ0) is 19.5. The van der Waals surface area contributed by atoms with Crippen molar-refractivity contribution in [1.29, 1.82) is 0 Å². The second-order valence-electron chi connectivity index (χ2n) is 7.10. The number of hydrogen-bond acceptors (Lipinski definition) is 5. The molecular formula is C22H25NO5. The zero-order valence-electron chi connectivity index (χ0n) is 16.3. The highest BCUT2D eigenvalue weighted by atomic mass is 16.5. The number of carbonyl (C=O) groups is 1. The van der Waals surface area contributed by atoms with Crippen LogP contribution in [0.15, 0.2) is 36.4 Å². The smallest absolute Gasteiger partial charge is 0.229 e. The number of carbonyl (C=O) groups excluding carboxylic acids is 1. The number of amides is 1. The van der Waals surface area contributed by atoms with Crippen LogP contribution in [-0.4, -0.2) is 44.8 Å². The van der Waals surface area contributed by atoms with Gasteiger partial charge in [-0.25, -0.2) is 0 Å². The summed E-state index contributed by atoms with van der Waals surface area (Å²) in [7, 11) is 3.27. The van der Waals surface area contributed by atoms with Crippen LogP contribution in [0, 0.1) is 5.92 Å². The highest BCUT2D eigenvalue weighted by Gasteiger charge is 2.31. The molecule has 6 heteroatoms. The third-order valence-corrected chi connectivity index (χ3v) is 5.30. The second-order valence-corrected chi connectivity index (χ2v) is 7.10. The molecule has 2 aromatic carbocycles. The van der Waals surface area contributed by atoms with E-state index in [2.05, 4.69) is 0 Å². The minimum absolute atomic E-state index is 0.122. The van der Waals surface area contributed by atoms with Gasteiger partial charge in [-0.05, 0) is 30.5 Å². The molecule has 0 radical (unpaired) electrons. The fraction of sp³-hybridized carbons (Fsp3) is 0.409. The molecule has 28 heavy (non-hydrogen) atoms. The van der Waals surface area contributed by atoms with E-state index in [0.717, 1.165) is 34.8 Å². The Morgan fingerprint density at radius 2 is 2.00 bits per heavy atom. The molecule has 0 aliphatic carbocycles. The summed E-state index contributed by atoms with van der Waals surface area (Å²) in [5.74, 6) is 2.94. The zero-order valence-corrected chi connectivity index (χ0v) is 16.3. The van der Waals surface area contributed by atoms with E-state index < -0.39 is 0 Å². The molecule has 2 aliphatic heterocycles. The highest BCUT2D eigenvalue weighted by molar-refractivity contribution is 5.80. The lowest BCUT2D eigenvalue weighted by Crippen LogP contribution is -2.41. The van der Waals surface area contributed by atoms with Crippen molar-refractivity contribution in [2.45, 2.75) is 19.4 Å². The number of benzene rings is 2. The lowest BCUT2D eigenvalue weighted by molar-refractivity contribution is -0.137. The van der Waals surface area contributed by atoms with E-state index in [0.29, 0.717) is 38.5 Å².